The first-order chi connectivity index (χ1) is 12.4. The molecule has 0 aliphatic heterocycles. The highest BCUT2D eigenvalue weighted by Gasteiger charge is 2.19. The Morgan fingerprint density at radius 2 is 1.85 bits per heavy atom. The highest BCUT2D eigenvalue weighted by Crippen LogP contribution is 2.22. The number of anilines is 1. The molecule has 0 fully saturated rings. The van der Waals surface area contributed by atoms with Crippen LogP contribution in [0.1, 0.15) is 32.3 Å². The molecule has 1 N–H and O–H groups in total. The number of hydrogen-bond donors (Lipinski definition) is 1. The predicted octanol–water partition coefficient (Wildman–Crippen LogP) is 3.19. The maximum atomic E-state index is 12.4. The van der Waals surface area contributed by atoms with Gasteiger partial charge in [-0.2, -0.15) is 0 Å². The van der Waals surface area contributed by atoms with Crippen LogP contribution in [0.3, 0.4) is 0 Å². The number of nitrogens with one attached hydrogen (secondary N) is 1. The molecule has 0 saturated heterocycles. The average Bonchev–Trinajstić information content (AvgIpc) is 2.66. The molecular weight excluding hydrogens is 350 g/mol. The van der Waals surface area contributed by atoms with Crippen molar-refractivity contribution in [2.75, 3.05) is 19.1 Å². The van der Waals surface area contributed by atoms with Gasteiger partial charge >= 0.3 is 0 Å². The van der Waals surface area contributed by atoms with E-state index in [4.69, 9.17) is 4.74 Å². The first-order valence-electron chi connectivity index (χ1n) is 8.72. The molecule has 26 heavy (non-hydrogen) atoms. The highest BCUT2D eigenvalue weighted by molar-refractivity contribution is 7.89. The van der Waals surface area contributed by atoms with Crippen LogP contribution in [0.4, 0.5) is 5.82 Å². The summed E-state index contributed by atoms with van der Waals surface area (Å²) in [5.41, 5.74) is 1.03. The van der Waals surface area contributed by atoms with Crippen molar-refractivity contribution >= 4 is 15.8 Å². The average molecular weight is 378 g/mol. The first-order valence-corrected chi connectivity index (χ1v) is 10.2. The Morgan fingerprint density at radius 1 is 1.15 bits per heavy atom. The summed E-state index contributed by atoms with van der Waals surface area (Å²) in [6, 6.07) is 11.0. The molecule has 1 aromatic carbocycles. The fraction of sp³-hybridized carbons (Fsp3) is 0.421. The molecule has 0 amide bonds. The SMILES string of the molecule is CCC(CC)NS(=O)(=O)c1ccc(N(C)Cc2ccccc2OC)nc1. The van der Waals surface area contributed by atoms with Crippen LogP contribution in [-0.2, 0) is 16.6 Å². The van der Waals surface area contributed by atoms with Gasteiger partial charge in [0.2, 0.25) is 10.0 Å². The summed E-state index contributed by atoms with van der Waals surface area (Å²) in [6.07, 6.45) is 2.91. The summed E-state index contributed by atoms with van der Waals surface area (Å²) in [4.78, 5) is 6.45. The number of aromatic nitrogens is 1. The Bertz CT molecular complexity index is 803. The highest BCUT2D eigenvalue weighted by atomic mass is 32.2. The zero-order valence-electron chi connectivity index (χ0n) is 15.8. The second kappa shape index (κ2) is 9.00. The summed E-state index contributed by atoms with van der Waals surface area (Å²) in [5, 5.41) is 0. The number of methoxy groups -OCH3 is 1. The number of rotatable bonds is 9. The van der Waals surface area contributed by atoms with Crippen molar-refractivity contribution in [3.63, 3.8) is 0 Å². The minimum absolute atomic E-state index is 0.0621. The van der Waals surface area contributed by atoms with Gasteiger partial charge in [0.25, 0.3) is 0 Å². The molecule has 0 saturated carbocycles. The summed E-state index contributed by atoms with van der Waals surface area (Å²) in [5.74, 6) is 1.50. The molecule has 1 heterocycles. The molecule has 142 valence electrons. The van der Waals surface area contributed by atoms with Gasteiger partial charge in [-0.1, -0.05) is 32.0 Å². The van der Waals surface area contributed by atoms with E-state index in [0.717, 1.165) is 24.2 Å². The first kappa shape index (κ1) is 20.2. The number of nitrogens with zero attached hydrogens (tertiary/aromatic N) is 2. The van der Waals surface area contributed by atoms with Crippen molar-refractivity contribution in [1.29, 1.82) is 0 Å². The molecule has 7 heteroatoms. The molecule has 2 aromatic rings. The van der Waals surface area contributed by atoms with Crippen molar-refractivity contribution in [3.8, 4) is 5.75 Å². The van der Waals surface area contributed by atoms with E-state index in [1.807, 2.05) is 50.1 Å². The van der Waals surface area contributed by atoms with Gasteiger partial charge in [-0.25, -0.2) is 18.1 Å². The molecule has 0 unspecified atom stereocenters. The van der Waals surface area contributed by atoms with Gasteiger partial charge in [0.05, 0.1) is 7.11 Å². The Hall–Kier alpha value is -2.12. The van der Waals surface area contributed by atoms with Crippen LogP contribution in [0.2, 0.25) is 0 Å². The summed E-state index contributed by atoms with van der Waals surface area (Å²) >= 11 is 0. The maximum absolute atomic E-state index is 12.4. The Morgan fingerprint density at radius 3 is 2.42 bits per heavy atom. The van der Waals surface area contributed by atoms with Gasteiger partial charge in [-0.05, 0) is 31.0 Å². The van der Waals surface area contributed by atoms with Gasteiger partial charge < -0.3 is 9.64 Å². The van der Waals surface area contributed by atoms with E-state index in [1.54, 1.807) is 19.2 Å². The monoisotopic (exact) mass is 377 g/mol. The van der Waals surface area contributed by atoms with Crippen molar-refractivity contribution in [2.45, 2.75) is 44.2 Å². The van der Waals surface area contributed by atoms with Crippen LogP contribution in [0.15, 0.2) is 47.5 Å². The quantitative estimate of drug-likeness (QED) is 0.727. The molecule has 0 aliphatic rings. The number of para-hydroxylation sites is 1. The maximum Gasteiger partial charge on any atom is 0.242 e. The smallest absolute Gasteiger partial charge is 0.242 e. The molecule has 0 spiro atoms. The molecule has 6 nitrogen and oxygen atoms in total. The number of pyridine rings is 1. The number of hydrogen-bond acceptors (Lipinski definition) is 5. The third-order valence-corrected chi connectivity index (χ3v) is 5.84. The zero-order valence-corrected chi connectivity index (χ0v) is 16.6. The van der Waals surface area contributed by atoms with Crippen LogP contribution in [0, 0.1) is 0 Å². The fourth-order valence-corrected chi connectivity index (χ4v) is 4.02. The lowest BCUT2D eigenvalue weighted by Crippen LogP contribution is -2.33. The zero-order chi connectivity index (χ0) is 19.2. The third-order valence-electron chi connectivity index (χ3n) is 4.33. The largest absolute Gasteiger partial charge is 0.496 e. The van der Waals surface area contributed by atoms with Crippen molar-refractivity contribution in [3.05, 3.63) is 48.2 Å². The Kier molecular flexibility index (Phi) is 6.99. The van der Waals surface area contributed by atoms with Crippen LogP contribution in [0.5, 0.6) is 5.75 Å². The van der Waals surface area contributed by atoms with E-state index in [0.29, 0.717) is 12.4 Å². The standard InChI is InChI=1S/C19H27N3O3S/c1-5-16(6-2)21-26(23,24)17-11-12-19(20-13-17)22(3)14-15-9-7-8-10-18(15)25-4/h7-13,16,21H,5-6,14H2,1-4H3. The second-order valence-electron chi connectivity index (χ2n) is 6.15. The van der Waals surface area contributed by atoms with E-state index in [9.17, 15) is 8.42 Å². The third kappa shape index (κ3) is 4.95. The van der Waals surface area contributed by atoms with Crippen LogP contribution >= 0.6 is 0 Å². The van der Waals surface area contributed by atoms with E-state index in [-0.39, 0.29) is 10.9 Å². The normalized spacial score (nSPS) is 11.6. The molecule has 1 aromatic heterocycles. The van der Waals surface area contributed by atoms with Crippen molar-refractivity contribution < 1.29 is 13.2 Å². The van der Waals surface area contributed by atoms with Gasteiger partial charge in [0.1, 0.15) is 16.5 Å². The van der Waals surface area contributed by atoms with Crippen molar-refractivity contribution in [1.82, 2.24) is 9.71 Å². The summed E-state index contributed by atoms with van der Waals surface area (Å²) in [7, 11) is 0.00386. The van der Waals surface area contributed by atoms with E-state index >= 15 is 0 Å². The topological polar surface area (TPSA) is 71.5 Å². The molecule has 0 atom stereocenters. The number of ether oxygens (including phenoxy) is 1. The molecule has 0 bridgehead atoms. The van der Waals surface area contributed by atoms with Crippen LogP contribution in [0.25, 0.3) is 0 Å². The molecular formula is C19H27N3O3S. The van der Waals surface area contributed by atoms with E-state index in [1.165, 1.54) is 6.20 Å². The van der Waals surface area contributed by atoms with Crippen LogP contribution in [-0.4, -0.2) is 33.6 Å². The minimum atomic E-state index is -3.55. The molecule has 0 radical (unpaired) electrons. The predicted molar refractivity (Wildman–Crippen MR) is 104 cm³/mol. The summed E-state index contributed by atoms with van der Waals surface area (Å²) in [6.45, 7) is 4.53. The molecule has 0 aliphatic carbocycles. The van der Waals surface area contributed by atoms with Crippen LogP contribution < -0.4 is 14.4 Å². The van der Waals surface area contributed by atoms with Gasteiger partial charge in [0.15, 0.2) is 0 Å². The number of sulfonamides is 1. The summed E-state index contributed by atoms with van der Waals surface area (Å²) < 4.78 is 33.0. The fourth-order valence-electron chi connectivity index (χ4n) is 2.67. The molecule has 2 rings (SSSR count). The number of benzene rings is 1. The Balaban J connectivity index is 2.13. The lowest BCUT2D eigenvalue weighted by molar-refractivity contribution is 0.409. The van der Waals surface area contributed by atoms with Gasteiger partial charge in [-0.15, -0.1) is 0 Å². The van der Waals surface area contributed by atoms with E-state index in [2.05, 4.69) is 9.71 Å². The lowest BCUT2D eigenvalue weighted by atomic mass is 10.2. The van der Waals surface area contributed by atoms with Crippen molar-refractivity contribution in [2.24, 2.45) is 0 Å². The minimum Gasteiger partial charge on any atom is -0.496 e. The van der Waals surface area contributed by atoms with Gasteiger partial charge in [0, 0.05) is 31.4 Å². The second-order valence-corrected chi connectivity index (χ2v) is 7.87. The Labute approximate surface area is 156 Å². The lowest BCUT2D eigenvalue weighted by Gasteiger charge is -2.20. The van der Waals surface area contributed by atoms with Gasteiger partial charge in [-0.3, -0.25) is 0 Å². The van der Waals surface area contributed by atoms with E-state index < -0.39 is 10.0 Å².